The third-order valence-electron chi connectivity index (χ3n) is 3.41. The molecule has 0 saturated carbocycles. The Hall–Kier alpha value is -2.63. The molecule has 6 nitrogen and oxygen atoms in total. The standard InChI is InChI=1S/C15H17N5O/c1-20(10-11-8-16-17-9-11)15(21)7-6-14-18-12-4-2-3-5-13(12)19-14/h2-5,8-9H,6-7,10H2,1H3,(H,16,17)(H,18,19). The molecule has 2 aromatic heterocycles. The summed E-state index contributed by atoms with van der Waals surface area (Å²) in [5.74, 6) is 0.943. The van der Waals surface area contributed by atoms with Crippen LogP contribution in [0.25, 0.3) is 11.0 Å². The van der Waals surface area contributed by atoms with E-state index in [4.69, 9.17) is 0 Å². The van der Waals surface area contributed by atoms with Crippen LogP contribution < -0.4 is 0 Å². The van der Waals surface area contributed by atoms with Crippen LogP contribution in [0, 0.1) is 0 Å². The quantitative estimate of drug-likeness (QED) is 0.750. The molecule has 21 heavy (non-hydrogen) atoms. The molecule has 0 spiro atoms. The highest BCUT2D eigenvalue weighted by Gasteiger charge is 2.11. The zero-order valence-corrected chi connectivity index (χ0v) is 11.8. The Morgan fingerprint density at radius 1 is 1.33 bits per heavy atom. The monoisotopic (exact) mass is 283 g/mol. The molecule has 2 heterocycles. The fraction of sp³-hybridized carbons (Fsp3) is 0.267. The van der Waals surface area contributed by atoms with Crippen molar-refractivity contribution in [2.45, 2.75) is 19.4 Å². The average Bonchev–Trinajstić information content (AvgIpc) is 3.13. The lowest BCUT2D eigenvalue weighted by Crippen LogP contribution is -2.26. The van der Waals surface area contributed by atoms with Crippen LogP contribution in [0.1, 0.15) is 17.8 Å². The Bertz CT molecular complexity index is 698. The fourth-order valence-electron chi connectivity index (χ4n) is 2.27. The zero-order valence-electron chi connectivity index (χ0n) is 11.8. The number of H-pyrrole nitrogens is 2. The maximum atomic E-state index is 12.1. The summed E-state index contributed by atoms with van der Waals surface area (Å²) < 4.78 is 0. The molecule has 1 aromatic carbocycles. The Morgan fingerprint density at radius 3 is 2.95 bits per heavy atom. The first-order valence-electron chi connectivity index (χ1n) is 6.87. The van der Waals surface area contributed by atoms with Crippen molar-refractivity contribution in [1.82, 2.24) is 25.1 Å². The van der Waals surface area contributed by atoms with Gasteiger partial charge in [-0.1, -0.05) is 12.1 Å². The third-order valence-corrected chi connectivity index (χ3v) is 3.41. The molecule has 0 atom stereocenters. The summed E-state index contributed by atoms with van der Waals surface area (Å²) in [4.78, 5) is 21.5. The van der Waals surface area contributed by atoms with Crippen LogP contribution in [0.2, 0.25) is 0 Å². The van der Waals surface area contributed by atoms with Gasteiger partial charge < -0.3 is 9.88 Å². The van der Waals surface area contributed by atoms with E-state index < -0.39 is 0 Å². The average molecular weight is 283 g/mol. The minimum atomic E-state index is 0.0941. The van der Waals surface area contributed by atoms with Crippen molar-refractivity contribution >= 4 is 16.9 Å². The number of carbonyl (C=O) groups is 1. The second kappa shape index (κ2) is 5.78. The first kappa shape index (κ1) is 13.4. The molecule has 2 N–H and O–H groups in total. The number of aryl methyl sites for hydroxylation is 1. The molecule has 0 aliphatic rings. The minimum absolute atomic E-state index is 0.0941. The van der Waals surface area contributed by atoms with E-state index in [9.17, 15) is 4.79 Å². The molecular formula is C15H17N5O. The third kappa shape index (κ3) is 3.10. The number of rotatable bonds is 5. The van der Waals surface area contributed by atoms with Gasteiger partial charge in [-0.05, 0) is 12.1 Å². The number of hydrogen-bond acceptors (Lipinski definition) is 3. The zero-order chi connectivity index (χ0) is 14.7. The van der Waals surface area contributed by atoms with Crippen molar-refractivity contribution in [3.05, 3.63) is 48.0 Å². The first-order chi connectivity index (χ1) is 10.2. The normalized spacial score (nSPS) is 10.9. The van der Waals surface area contributed by atoms with E-state index in [1.165, 1.54) is 0 Å². The fourth-order valence-corrected chi connectivity index (χ4v) is 2.27. The number of fused-ring (bicyclic) bond motifs is 1. The maximum Gasteiger partial charge on any atom is 0.223 e. The molecular weight excluding hydrogens is 266 g/mol. The number of nitrogens with one attached hydrogen (secondary N) is 2. The van der Waals surface area contributed by atoms with Crippen LogP contribution in [0.15, 0.2) is 36.7 Å². The second-order valence-corrected chi connectivity index (χ2v) is 5.06. The van der Waals surface area contributed by atoms with Crippen molar-refractivity contribution < 1.29 is 4.79 Å². The van der Waals surface area contributed by atoms with Crippen LogP contribution in [0.4, 0.5) is 0 Å². The number of imidazole rings is 1. The number of aromatic nitrogens is 4. The number of aromatic amines is 2. The molecule has 1 amide bonds. The number of carbonyl (C=O) groups excluding carboxylic acids is 1. The van der Waals surface area contributed by atoms with Gasteiger partial charge in [0.1, 0.15) is 5.82 Å². The summed E-state index contributed by atoms with van der Waals surface area (Å²) >= 11 is 0. The van der Waals surface area contributed by atoms with E-state index in [1.54, 1.807) is 24.3 Å². The van der Waals surface area contributed by atoms with E-state index in [2.05, 4.69) is 20.2 Å². The minimum Gasteiger partial charge on any atom is -0.342 e. The lowest BCUT2D eigenvalue weighted by molar-refractivity contribution is -0.130. The first-order valence-corrected chi connectivity index (χ1v) is 6.87. The Balaban J connectivity index is 1.57. The van der Waals surface area contributed by atoms with Crippen LogP contribution in [0.3, 0.4) is 0 Å². The summed E-state index contributed by atoms with van der Waals surface area (Å²) in [5, 5.41) is 6.62. The summed E-state index contributed by atoms with van der Waals surface area (Å²) in [6.07, 6.45) is 4.57. The number of hydrogen-bond donors (Lipinski definition) is 2. The molecule has 0 aliphatic heterocycles. The van der Waals surface area contributed by atoms with Crippen LogP contribution in [-0.2, 0) is 17.8 Å². The lowest BCUT2D eigenvalue weighted by atomic mass is 10.2. The molecule has 0 saturated heterocycles. The van der Waals surface area contributed by atoms with E-state index in [0.717, 1.165) is 22.4 Å². The van der Waals surface area contributed by atoms with Gasteiger partial charge in [-0.25, -0.2) is 4.98 Å². The predicted octanol–water partition coefficient (Wildman–Crippen LogP) is 1.88. The number of benzene rings is 1. The van der Waals surface area contributed by atoms with Crippen LogP contribution in [-0.4, -0.2) is 38.0 Å². The highest BCUT2D eigenvalue weighted by atomic mass is 16.2. The van der Waals surface area contributed by atoms with Crippen molar-refractivity contribution in [1.29, 1.82) is 0 Å². The van der Waals surface area contributed by atoms with E-state index in [-0.39, 0.29) is 5.91 Å². The van der Waals surface area contributed by atoms with Crippen LogP contribution >= 0.6 is 0 Å². The SMILES string of the molecule is CN(Cc1cn[nH]c1)C(=O)CCc1nc2ccccc2[nH]1. The number of amides is 1. The highest BCUT2D eigenvalue weighted by Crippen LogP contribution is 2.12. The number of nitrogens with zero attached hydrogens (tertiary/aromatic N) is 3. The van der Waals surface area contributed by atoms with Gasteiger partial charge in [0.25, 0.3) is 0 Å². The summed E-state index contributed by atoms with van der Waals surface area (Å²) in [6, 6.07) is 7.87. The highest BCUT2D eigenvalue weighted by molar-refractivity contribution is 5.77. The largest absolute Gasteiger partial charge is 0.342 e. The number of para-hydroxylation sites is 2. The van der Waals surface area contributed by atoms with E-state index >= 15 is 0 Å². The van der Waals surface area contributed by atoms with Gasteiger partial charge in [0.05, 0.1) is 17.2 Å². The van der Waals surface area contributed by atoms with Gasteiger partial charge in [-0.15, -0.1) is 0 Å². The molecule has 6 heteroatoms. The molecule has 0 radical (unpaired) electrons. The molecule has 3 rings (SSSR count). The summed E-state index contributed by atoms with van der Waals surface area (Å²) in [5.41, 5.74) is 2.94. The van der Waals surface area contributed by atoms with Crippen molar-refractivity contribution in [3.8, 4) is 0 Å². The van der Waals surface area contributed by atoms with Gasteiger partial charge in [-0.3, -0.25) is 9.89 Å². The topological polar surface area (TPSA) is 77.7 Å². The molecule has 0 bridgehead atoms. The van der Waals surface area contributed by atoms with E-state index in [1.807, 2.05) is 24.3 Å². The van der Waals surface area contributed by atoms with E-state index in [0.29, 0.717) is 19.4 Å². The van der Waals surface area contributed by atoms with Gasteiger partial charge in [0.15, 0.2) is 0 Å². The maximum absolute atomic E-state index is 12.1. The molecule has 3 aromatic rings. The van der Waals surface area contributed by atoms with Gasteiger partial charge in [-0.2, -0.15) is 5.10 Å². The molecule has 0 aliphatic carbocycles. The second-order valence-electron chi connectivity index (χ2n) is 5.06. The van der Waals surface area contributed by atoms with Crippen molar-refractivity contribution in [2.24, 2.45) is 0 Å². The van der Waals surface area contributed by atoms with Gasteiger partial charge >= 0.3 is 0 Å². The summed E-state index contributed by atoms with van der Waals surface area (Å²) in [6.45, 7) is 0.565. The Labute approximate surface area is 122 Å². The lowest BCUT2D eigenvalue weighted by Gasteiger charge is -2.15. The van der Waals surface area contributed by atoms with Gasteiger partial charge in [0.2, 0.25) is 5.91 Å². The Kier molecular flexibility index (Phi) is 3.68. The van der Waals surface area contributed by atoms with Crippen molar-refractivity contribution in [2.75, 3.05) is 7.05 Å². The molecule has 0 fully saturated rings. The molecule has 108 valence electrons. The smallest absolute Gasteiger partial charge is 0.223 e. The Morgan fingerprint density at radius 2 is 2.19 bits per heavy atom. The van der Waals surface area contributed by atoms with Gasteiger partial charge in [0, 0.05) is 38.2 Å². The van der Waals surface area contributed by atoms with Crippen molar-refractivity contribution in [3.63, 3.8) is 0 Å². The predicted molar refractivity (Wildman–Crippen MR) is 79.5 cm³/mol. The van der Waals surface area contributed by atoms with Crippen LogP contribution in [0.5, 0.6) is 0 Å². The summed E-state index contributed by atoms with van der Waals surface area (Å²) in [7, 11) is 1.80. The molecule has 0 unspecified atom stereocenters.